The van der Waals surface area contributed by atoms with Gasteiger partial charge in [0.25, 0.3) is 0 Å². The summed E-state index contributed by atoms with van der Waals surface area (Å²) in [6.45, 7) is 0.782. The van der Waals surface area contributed by atoms with Crippen LogP contribution in [-0.4, -0.2) is 6.61 Å². The number of benzene rings is 1. The van der Waals surface area contributed by atoms with E-state index in [1.165, 1.54) is 42.4 Å². The third kappa shape index (κ3) is 1.44. The van der Waals surface area contributed by atoms with E-state index in [2.05, 4.69) is 12.1 Å². The third-order valence-electron chi connectivity index (χ3n) is 3.59. The van der Waals surface area contributed by atoms with Gasteiger partial charge in [-0.15, -0.1) is 0 Å². The Balaban J connectivity index is 2.13. The third-order valence-corrected chi connectivity index (χ3v) is 3.59. The topological polar surface area (TPSA) is 35.2 Å². The number of hydrogen-bond donors (Lipinski definition) is 1. The fourth-order valence-corrected chi connectivity index (χ4v) is 2.72. The maximum absolute atomic E-state index is 6.10. The summed E-state index contributed by atoms with van der Waals surface area (Å²) in [5, 5.41) is 0. The summed E-state index contributed by atoms with van der Waals surface area (Å²) in [6, 6.07) is 4.60. The van der Waals surface area contributed by atoms with Crippen molar-refractivity contribution in [1.82, 2.24) is 0 Å². The fourth-order valence-electron chi connectivity index (χ4n) is 2.72. The van der Waals surface area contributed by atoms with Gasteiger partial charge in [0.05, 0.1) is 6.61 Å². The van der Waals surface area contributed by atoms with E-state index in [9.17, 15) is 0 Å². The van der Waals surface area contributed by atoms with Crippen molar-refractivity contribution >= 4 is 0 Å². The van der Waals surface area contributed by atoms with Gasteiger partial charge in [-0.1, -0.05) is 12.1 Å². The number of rotatable bonds is 0. The number of hydrogen-bond acceptors (Lipinski definition) is 2. The predicted molar refractivity (Wildman–Crippen MR) is 60.1 cm³/mol. The molecule has 2 aliphatic rings. The average molecular weight is 203 g/mol. The molecule has 0 spiro atoms. The van der Waals surface area contributed by atoms with Crippen molar-refractivity contribution in [1.29, 1.82) is 0 Å². The van der Waals surface area contributed by atoms with Gasteiger partial charge in [-0.2, -0.15) is 0 Å². The first kappa shape index (κ1) is 9.22. The minimum atomic E-state index is 0.181. The summed E-state index contributed by atoms with van der Waals surface area (Å²) >= 11 is 0. The van der Waals surface area contributed by atoms with Crippen LogP contribution in [0.4, 0.5) is 0 Å². The zero-order chi connectivity index (χ0) is 10.3. The van der Waals surface area contributed by atoms with Crippen LogP contribution in [0.1, 0.15) is 42.0 Å². The SMILES string of the molecule is N[C@H]1CCOc2c1ccc1c2CCCC1. The summed E-state index contributed by atoms with van der Waals surface area (Å²) in [5.41, 5.74) is 10.2. The molecule has 0 radical (unpaired) electrons. The number of aryl methyl sites for hydroxylation is 1. The van der Waals surface area contributed by atoms with Gasteiger partial charge in [0.2, 0.25) is 0 Å². The van der Waals surface area contributed by atoms with Crippen LogP contribution < -0.4 is 10.5 Å². The molecular formula is C13H17NO. The molecule has 1 aromatic carbocycles. The van der Waals surface area contributed by atoms with Crippen molar-refractivity contribution in [2.24, 2.45) is 5.73 Å². The first-order chi connectivity index (χ1) is 7.36. The molecule has 0 bridgehead atoms. The molecule has 3 rings (SSSR count). The average Bonchev–Trinajstić information content (AvgIpc) is 2.29. The lowest BCUT2D eigenvalue weighted by Crippen LogP contribution is -2.22. The van der Waals surface area contributed by atoms with E-state index >= 15 is 0 Å². The van der Waals surface area contributed by atoms with Gasteiger partial charge in [0, 0.05) is 18.0 Å². The van der Waals surface area contributed by atoms with Gasteiger partial charge < -0.3 is 10.5 Å². The van der Waals surface area contributed by atoms with E-state index in [0.29, 0.717) is 0 Å². The van der Waals surface area contributed by atoms with Crippen LogP contribution in [0.25, 0.3) is 0 Å². The van der Waals surface area contributed by atoms with Gasteiger partial charge in [0.1, 0.15) is 5.75 Å². The van der Waals surface area contributed by atoms with Crippen molar-refractivity contribution in [2.75, 3.05) is 6.61 Å². The van der Waals surface area contributed by atoms with E-state index in [-0.39, 0.29) is 6.04 Å². The normalized spacial score (nSPS) is 23.9. The molecule has 0 amide bonds. The zero-order valence-corrected chi connectivity index (χ0v) is 8.96. The Morgan fingerprint density at radius 1 is 1.20 bits per heavy atom. The molecule has 1 aliphatic carbocycles. The van der Waals surface area contributed by atoms with Crippen molar-refractivity contribution in [3.63, 3.8) is 0 Å². The maximum Gasteiger partial charge on any atom is 0.127 e. The molecule has 80 valence electrons. The van der Waals surface area contributed by atoms with Crippen molar-refractivity contribution in [3.8, 4) is 5.75 Å². The van der Waals surface area contributed by atoms with Crippen molar-refractivity contribution < 1.29 is 4.74 Å². The zero-order valence-electron chi connectivity index (χ0n) is 8.96. The number of nitrogens with two attached hydrogens (primary N) is 1. The summed E-state index contributed by atoms with van der Waals surface area (Å²) in [7, 11) is 0. The summed E-state index contributed by atoms with van der Waals surface area (Å²) < 4.78 is 5.81. The van der Waals surface area contributed by atoms with E-state index in [4.69, 9.17) is 10.5 Å². The van der Waals surface area contributed by atoms with Crippen LogP contribution >= 0.6 is 0 Å². The Hall–Kier alpha value is -1.02. The molecule has 0 saturated heterocycles. The molecule has 0 aromatic heterocycles. The van der Waals surface area contributed by atoms with Crippen LogP contribution in [0.2, 0.25) is 0 Å². The lowest BCUT2D eigenvalue weighted by molar-refractivity contribution is 0.265. The molecule has 2 heteroatoms. The minimum Gasteiger partial charge on any atom is -0.493 e. The molecular weight excluding hydrogens is 186 g/mol. The lowest BCUT2D eigenvalue weighted by atomic mass is 9.87. The highest BCUT2D eigenvalue weighted by molar-refractivity contribution is 5.49. The van der Waals surface area contributed by atoms with E-state index in [0.717, 1.165) is 18.8 Å². The Bertz CT molecular complexity index is 386. The fraction of sp³-hybridized carbons (Fsp3) is 0.538. The second-order valence-electron chi connectivity index (χ2n) is 4.57. The molecule has 1 aliphatic heterocycles. The molecule has 1 heterocycles. The second kappa shape index (κ2) is 3.53. The summed E-state index contributed by atoms with van der Waals surface area (Å²) in [4.78, 5) is 0. The van der Waals surface area contributed by atoms with Crippen LogP contribution in [0.15, 0.2) is 12.1 Å². The largest absolute Gasteiger partial charge is 0.493 e. The van der Waals surface area contributed by atoms with Crippen LogP contribution in [0.5, 0.6) is 5.75 Å². The molecule has 0 fully saturated rings. The molecule has 2 nitrogen and oxygen atoms in total. The van der Waals surface area contributed by atoms with Crippen molar-refractivity contribution in [3.05, 3.63) is 28.8 Å². The van der Waals surface area contributed by atoms with Gasteiger partial charge >= 0.3 is 0 Å². The number of fused-ring (bicyclic) bond motifs is 3. The Morgan fingerprint density at radius 3 is 3.00 bits per heavy atom. The highest BCUT2D eigenvalue weighted by Gasteiger charge is 2.23. The monoisotopic (exact) mass is 203 g/mol. The second-order valence-corrected chi connectivity index (χ2v) is 4.57. The molecule has 0 unspecified atom stereocenters. The van der Waals surface area contributed by atoms with E-state index in [1.54, 1.807) is 0 Å². The highest BCUT2D eigenvalue weighted by Crippen LogP contribution is 2.38. The number of ether oxygens (including phenoxy) is 1. The first-order valence-corrected chi connectivity index (χ1v) is 5.89. The molecule has 2 N–H and O–H groups in total. The van der Waals surface area contributed by atoms with Crippen LogP contribution in [0.3, 0.4) is 0 Å². The standard InChI is InChI=1S/C13H17NO/c14-12-7-8-15-13-10-4-2-1-3-9(10)5-6-11(12)13/h5-6,12H,1-4,7-8,14H2/t12-/m0/s1. The minimum absolute atomic E-state index is 0.181. The van der Waals surface area contributed by atoms with Crippen LogP contribution in [-0.2, 0) is 12.8 Å². The Kier molecular flexibility index (Phi) is 2.17. The first-order valence-electron chi connectivity index (χ1n) is 5.89. The lowest BCUT2D eigenvalue weighted by Gasteiger charge is -2.28. The van der Waals surface area contributed by atoms with Crippen LogP contribution in [0, 0.1) is 0 Å². The van der Waals surface area contributed by atoms with Gasteiger partial charge in [0.15, 0.2) is 0 Å². The summed E-state index contributed by atoms with van der Waals surface area (Å²) in [5.74, 6) is 1.12. The summed E-state index contributed by atoms with van der Waals surface area (Å²) in [6.07, 6.45) is 5.94. The van der Waals surface area contributed by atoms with Gasteiger partial charge in [-0.25, -0.2) is 0 Å². The maximum atomic E-state index is 6.10. The molecule has 15 heavy (non-hydrogen) atoms. The Morgan fingerprint density at radius 2 is 2.07 bits per heavy atom. The van der Waals surface area contributed by atoms with Crippen molar-refractivity contribution in [2.45, 2.75) is 38.1 Å². The predicted octanol–water partition coefficient (Wildman–Crippen LogP) is 2.35. The molecule has 1 aromatic rings. The van der Waals surface area contributed by atoms with E-state index in [1.807, 2.05) is 0 Å². The molecule has 1 atom stereocenters. The quantitative estimate of drug-likeness (QED) is 0.702. The van der Waals surface area contributed by atoms with Gasteiger partial charge in [-0.3, -0.25) is 0 Å². The Labute approximate surface area is 90.4 Å². The highest BCUT2D eigenvalue weighted by atomic mass is 16.5. The smallest absolute Gasteiger partial charge is 0.127 e. The van der Waals surface area contributed by atoms with E-state index < -0.39 is 0 Å². The molecule has 0 saturated carbocycles. The van der Waals surface area contributed by atoms with Gasteiger partial charge in [-0.05, 0) is 36.8 Å².